The lowest BCUT2D eigenvalue weighted by Crippen LogP contribution is -2.38. The smallest absolute Gasteiger partial charge is 0.131 e. The molecule has 2 heterocycles. The first kappa shape index (κ1) is 13.6. The number of ketones is 1. The normalized spacial score (nSPS) is 25.5. The monoisotopic (exact) mass is 273 g/mol. The molecule has 1 fully saturated rings. The minimum absolute atomic E-state index is 0.249. The van der Waals surface area contributed by atoms with Gasteiger partial charge in [-0.05, 0) is 44.9 Å². The summed E-state index contributed by atoms with van der Waals surface area (Å²) in [6.45, 7) is 5.87. The van der Waals surface area contributed by atoms with E-state index in [1.54, 1.807) is 6.92 Å². The number of nitrogens with zero attached hydrogens (tertiary/aromatic N) is 1. The Balaban J connectivity index is 1.61. The molecule has 2 unspecified atom stereocenters. The second-order valence-corrected chi connectivity index (χ2v) is 6.25. The molecule has 1 saturated heterocycles. The summed E-state index contributed by atoms with van der Waals surface area (Å²) in [5.41, 5.74) is 2.63. The van der Waals surface area contributed by atoms with Crippen LogP contribution >= 0.6 is 0 Å². The van der Waals surface area contributed by atoms with E-state index in [9.17, 15) is 4.79 Å². The summed E-state index contributed by atoms with van der Waals surface area (Å²) in [5.74, 6) is 1.34. The molecule has 2 aliphatic heterocycles. The van der Waals surface area contributed by atoms with Crippen LogP contribution in [-0.4, -0.2) is 35.9 Å². The van der Waals surface area contributed by atoms with Crippen LogP contribution < -0.4 is 4.74 Å². The topological polar surface area (TPSA) is 29.5 Å². The number of fused-ring (bicyclic) bond motifs is 1. The maximum absolute atomic E-state index is 11.3. The van der Waals surface area contributed by atoms with Gasteiger partial charge < -0.3 is 4.74 Å². The molecule has 3 rings (SSSR count). The number of hydrogen-bond donors (Lipinski definition) is 0. The second kappa shape index (κ2) is 5.57. The molecular weight excluding hydrogens is 250 g/mol. The van der Waals surface area contributed by atoms with Gasteiger partial charge in [0.15, 0.2) is 0 Å². The lowest BCUT2D eigenvalue weighted by atomic mass is 10.1. The highest BCUT2D eigenvalue weighted by Crippen LogP contribution is 2.31. The summed E-state index contributed by atoms with van der Waals surface area (Å²) in [4.78, 5) is 13.8. The van der Waals surface area contributed by atoms with Crippen LogP contribution in [0.1, 0.15) is 37.3 Å². The molecule has 108 valence electrons. The molecule has 0 amide bonds. The molecule has 0 saturated carbocycles. The van der Waals surface area contributed by atoms with Crippen molar-refractivity contribution in [2.45, 2.75) is 51.7 Å². The first-order valence-electron chi connectivity index (χ1n) is 7.61. The highest BCUT2D eigenvalue weighted by Gasteiger charge is 2.31. The Labute approximate surface area is 120 Å². The Kier molecular flexibility index (Phi) is 3.79. The van der Waals surface area contributed by atoms with Crippen molar-refractivity contribution < 1.29 is 9.53 Å². The van der Waals surface area contributed by atoms with Crippen LogP contribution in [0, 0.1) is 6.92 Å². The molecule has 1 aromatic rings. The summed E-state index contributed by atoms with van der Waals surface area (Å²) < 4.78 is 6.05. The third kappa shape index (κ3) is 2.88. The van der Waals surface area contributed by atoms with E-state index in [1.165, 1.54) is 17.5 Å². The number of hydrogen-bond acceptors (Lipinski definition) is 3. The van der Waals surface area contributed by atoms with E-state index in [4.69, 9.17) is 4.74 Å². The van der Waals surface area contributed by atoms with Crippen molar-refractivity contribution >= 4 is 5.78 Å². The van der Waals surface area contributed by atoms with E-state index in [1.807, 2.05) is 0 Å². The molecule has 1 aromatic carbocycles. The fourth-order valence-corrected chi connectivity index (χ4v) is 3.51. The van der Waals surface area contributed by atoms with Crippen molar-refractivity contribution in [3.63, 3.8) is 0 Å². The highest BCUT2D eigenvalue weighted by atomic mass is 16.5. The lowest BCUT2D eigenvalue weighted by Gasteiger charge is -2.26. The Morgan fingerprint density at radius 2 is 2.30 bits per heavy atom. The Hall–Kier alpha value is -1.35. The first-order chi connectivity index (χ1) is 9.61. The van der Waals surface area contributed by atoms with Crippen molar-refractivity contribution in [3.8, 4) is 5.75 Å². The van der Waals surface area contributed by atoms with Gasteiger partial charge in [0.2, 0.25) is 0 Å². The SMILES string of the molecule is CC(=O)CC1CCCN1CC1Cc2cc(C)ccc2O1. The molecule has 2 atom stereocenters. The minimum atomic E-state index is 0.249. The number of ether oxygens (including phenoxy) is 1. The van der Waals surface area contributed by atoms with Gasteiger partial charge in [-0.15, -0.1) is 0 Å². The van der Waals surface area contributed by atoms with E-state index in [2.05, 4.69) is 30.0 Å². The molecule has 20 heavy (non-hydrogen) atoms. The van der Waals surface area contributed by atoms with Gasteiger partial charge in [0.05, 0.1) is 0 Å². The molecule has 0 aromatic heterocycles. The number of benzene rings is 1. The van der Waals surface area contributed by atoms with Gasteiger partial charge in [0.25, 0.3) is 0 Å². The molecule has 0 bridgehead atoms. The maximum Gasteiger partial charge on any atom is 0.131 e. The zero-order chi connectivity index (χ0) is 14.1. The molecule has 0 aliphatic carbocycles. The van der Waals surface area contributed by atoms with Gasteiger partial charge in [0.1, 0.15) is 17.6 Å². The third-order valence-electron chi connectivity index (χ3n) is 4.42. The van der Waals surface area contributed by atoms with Crippen LogP contribution in [0.3, 0.4) is 0 Å². The van der Waals surface area contributed by atoms with Crippen LogP contribution in [0.4, 0.5) is 0 Å². The van der Waals surface area contributed by atoms with E-state index < -0.39 is 0 Å². The fourth-order valence-electron chi connectivity index (χ4n) is 3.51. The predicted octanol–water partition coefficient (Wildman–Crippen LogP) is 2.74. The molecule has 0 spiro atoms. The van der Waals surface area contributed by atoms with Crippen LogP contribution in [0.5, 0.6) is 5.75 Å². The number of likely N-dealkylation sites (tertiary alicyclic amines) is 1. The molecule has 0 radical (unpaired) electrons. The summed E-state index contributed by atoms with van der Waals surface area (Å²) in [5, 5.41) is 0. The second-order valence-electron chi connectivity index (χ2n) is 6.25. The molecule has 3 heteroatoms. The number of Topliss-reactive ketones (excluding diaryl/α,β-unsaturated/α-hetero) is 1. The number of carbonyl (C=O) groups is 1. The largest absolute Gasteiger partial charge is 0.488 e. The summed E-state index contributed by atoms with van der Waals surface area (Å²) in [6, 6.07) is 6.85. The number of aryl methyl sites for hydroxylation is 1. The van der Waals surface area contributed by atoms with Crippen LogP contribution in [0.25, 0.3) is 0 Å². The van der Waals surface area contributed by atoms with Gasteiger partial charge in [-0.25, -0.2) is 0 Å². The van der Waals surface area contributed by atoms with E-state index >= 15 is 0 Å². The number of rotatable bonds is 4. The number of carbonyl (C=O) groups excluding carboxylic acids is 1. The summed E-state index contributed by atoms with van der Waals surface area (Å²) in [6.07, 6.45) is 4.30. The maximum atomic E-state index is 11.3. The standard InChI is InChI=1S/C17H23NO2/c1-12-5-6-17-14(8-12)10-16(20-17)11-18-7-3-4-15(18)9-13(2)19/h5-6,8,15-16H,3-4,7,9-11H2,1-2H3. The minimum Gasteiger partial charge on any atom is -0.488 e. The average Bonchev–Trinajstić information content (AvgIpc) is 2.95. The van der Waals surface area contributed by atoms with Crippen molar-refractivity contribution in [3.05, 3.63) is 29.3 Å². The Morgan fingerprint density at radius 1 is 1.45 bits per heavy atom. The molecule has 0 N–H and O–H groups in total. The highest BCUT2D eigenvalue weighted by molar-refractivity contribution is 5.76. The summed E-state index contributed by atoms with van der Waals surface area (Å²) >= 11 is 0. The van der Waals surface area contributed by atoms with Crippen molar-refractivity contribution in [2.75, 3.05) is 13.1 Å². The molecular formula is C17H23NO2. The zero-order valence-corrected chi connectivity index (χ0v) is 12.4. The summed E-state index contributed by atoms with van der Waals surface area (Å²) in [7, 11) is 0. The zero-order valence-electron chi connectivity index (χ0n) is 12.4. The predicted molar refractivity (Wildman–Crippen MR) is 79.2 cm³/mol. The average molecular weight is 273 g/mol. The quantitative estimate of drug-likeness (QED) is 0.845. The van der Waals surface area contributed by atoms with Crippen molar-refractivity contribution in [1.82, 2.24) is 4.90 Å². The lowest BCUT2D eigenvalue weighted by molar-refractivity contribution is -0.118. The van der Waals surface area contributed by atoms with Gasteiger partial charge in [-0.2, -0.15) is 0 Å². The Bertz CT molecular complexity index is 512. The molecule has 2 aliphatic rings. The van der Waals surface area contributed by atoms with Crippen LogP contribution in [0.15, 0.2) is 18.2 Å². The van der Waals surface area contributed by atoms with Crippen molar-refractivity contribution in [1.29, 1.82) is 0 Å². The van der Waals surface area contributed by atoms with Gasteiger partial charge >= 0.3 is 0 Å². The van der Waals surface area contributed by atoms with E-state index in [0.29, 0.717) is 18.2 Å². The Morgan fingerprint density at radius 3 is 3.10 bits per heavy atom. The van der Waals surface area contributed by atoms with Crippen LogP contribution in [-0.2, 0) is 11.2 Å². The molecule has 3 nitrogen and oxygen atoms in total. The third-order valence-corrected chi connectivity index (χ3v) is 4.42. The van der Waals surface area contributed by atoms with E-state index in [0.717, 1.165) is 31.7 Å². The fraction of sp³-hybridized carbons (Fsp3) is 0.588. The van der Waals surface area contributed by atoms with Gasteiger partial charge in [0, 0.05) is 25.4 Å². The first-order valence-corrected chi connectivity index (χ1v) is 7.61. The van der Waals surface area contributed by atoms with Gasteiger partial charge in [-0.3, -0.25) is 9.69 Å². The van der Waals surface area contributed by atoms with Gasteiger partial charge in [-0.1, -0.05) is 17.7 Å². The van der Waals surface area contributed by atoms with Crippen molar-refractivity contribution in [2.24, 2.45) is 0 Å². The van der Waals surface area contributed by atoms with E-state index in [-0.39, 0.29) is 6.10 Å². The van der Waals surface area contributed by atoms with Crippen LogP contribution in [0.2, 0.25) is 0 Å².